The minimum absolute atomic E-state index is 0.221. The highest BCUT2D eigenvalue weighted by molar-refractivity contribution is 7.92. The van der Waals surface area contributed by atoms with Crippen LogP contribution in [0.25, 0.3) is 0 Å². The van der Waals surface area contributed by atoms with Gasteiger partial charge in [-0.1, -0.05) is 12.8 Å². The lowest BCUT2D eigenvalue weighted by atomic mass is 10.2. The van der Waals surface area contributed by atoms with Gasteiger partial charge in [-0.05, 0) is 51.0 Å². The summed E-state index contributed by atoms with van der Waals surface area (Å²) in [7, 11) is -3.63. The fourth-order valence-corrected chi connectivity index (χ4v) is 4.64. The van der Waals surface area contributed by atoms with E-state index in [4.69, 9.17) is 0 Å². The number of nitrogens with zero attached hydrogens (tertiary/aromatic N) is 2. The molecule has 24 heavy (non-hydrogen) atoms. The summed E-state index contributed by atoms with van der Waals surface area (Å²) in [5, 5.41) is 6.67. The van der Waals surface area contributed by atoms with Gasteiger partial charge in [-0.2, -0.15) is 5.10 Å². The van der Waals surface area contributed by atoms with E-state index in [0.29, 0.717) is 17.1 Å². The molecule has 0 atom stereocenters. The van der Waals surface area contributed by atoms with Crippen LogP contribution in [0.1, 0.15) is 37.1 Å². The Bertz CT molecular complexity index is 769. The molecule has 1 aromatic carbocycles. The van der Waals surface area contributed by atoms with Crippen LogP contribution < -0.4 is 9.62 Å². The molecule has 0 spiro atoms. The van der Waals surface area contributed by atoms with Crippen molar-refractivity contribution >= 4 is 21.4 Å². The van der Waals surface area contributed by atoms with Gasteiger partial charge in [0.05, 0.1) is 11.4 Å². The maximum Gasteiger partial charge on any atom is 0.265 e. The van der Waals surface area contributed by atoms with E-state index >= 15 is 0 Å². The van der Waals surface area contributed by atoms with Crippen molar-refractivity contribution in [1.29, 1.82) is 0 Å². The van der Waals surface area contributed by atoms with Gasteiger partial charge in [0.2, 0.25) is 0 Å². The Hall–Kier alpha value is -2.02. The Labute approximate surface area is 143 Å². The molecule has 6 nitrogen and oxygen atoms in total. The molecule has 0 aliphatic carbocycles. The Morgan fingerprint density at radius 1 is 1.04 bits per heavy atom. The highest BCUT2D eigenvalue weighted by atomic mass is 32.2. The zero-order valence-electron chi connectivity index (χ0n) is 14.2. The molecule has 2 aromatic rings. The van der Waals surface area contributed by atoms with Crippen LogP contribution in [0.3, 0.4) is 0 Å². The molecule has 1 aliphatic heterocycles. The first-order valence-corrected chi connectivity index (χ1v) is 9.85. The van der Waals surface area contributed by atoms with E-state index in [1.54, 1.807) is 13.8 Å². The first-order chi connectivity index (χ1) is 11.5. The molecule has 1 saturated heterocycles. The molecule has 0 radical (unpaired) electrons. The highest BCUT2D eigenvalue weighted by Gasteiger charge is 2.22. The maximum absolute atomic E-state index is 12.6. The summed E-state index contributed by atoms with van der Waals surface area (Å²) in [6, 6.07) is 7.61. The summed E-state index contributed by atoms with van der Waals surface area (Å²) in [6.07, 6.45) is 5.01. The SMILES string of the molecule is Cc1n[nH]c(C)c1S(=O)(=O)Nc1ccc(N2CCCCCC2)cc1. The van der Waals surface area contributed by atoms with Crippen LogP contribution in [0, 0.1) is 13.8 Å². The first-order valence-electron chi connectivity index (χ1n) is 8.37. The van der Waals surface area contributed by atoms with Gasteiger partial charge in [0.1, 0.15) is 4.90 Å². The minimum atomic E-state index is -3.63. The number of anilines is 2. The lowest BCUT2D eigenvalue weighted by molar-refractivity contribution is 0.600. The van der Waals surface area contributed by atoms with Gasteiger partial charge in [-0.25, -0.2) is 8.42 Å². The van der Waals surface area contributed by atoms with Crippen LogP contribution in [0.4, 0.5) is 11.4 Å². The quantitative estimate of drug-likeness (QED) is 0.889. The van der Waals surface area contributed by atoms with Crippen molar-refractivity contribution in [3.8, 4) is 0 Å². The van der Waals surface area contributed by atoms with Crippen molar-refractivity contribution in [3.63, 3.8) is 0 Å². The van der Waals surface area contributed by atoms with Gasteiger partial charge >= 0.3 is 0 Å². The number of hydrogen-bond donors (Lipinski definition) is 2. The maximum atomic E-state index is 12.6. The van der Waals surface area contributed by atoms with Gasteiger partial charge < -0.3 is 4.90 Å². The molecule has 0 unspecified atom stereocenters. The number of aromatic nitrogens is 2. The van der Waals surface area contributed by atoms with Crippen LogP contribution in [-0.2, 0) is 10.0 Å². The van der Waals surface area contributed by atoms with Gasteiger partial charge in [0.15, 0.2) is 0 Å². The van der Waals surface area contributed by atoms with Gasteiger partial charge in [0, 0.05) is 24.5 Å². The molecular weight excluding hydrogens is 324 g/mol. The number of sulfonamides is 1. The third-order valence-corrected chi connectivity index (χ3v) is 6.06. The molecule has 130 valence electrons. The number of H-pyrrole nitrogens is 1. The van der Waals surface area contributed by atoms with E-state index < -0.39 is 10.0 Å². The van der Waals surface area contributed by atoms with Crippen molar-refractivity contribution in [1.82, 2.24) is 10.2 Å². The van der Waals surface area contributed by atoms with E-state index in [9.17, 15) is 8.42 Å². The van der Waals surface area contributed by atoms with E-state index in [-0.39, 0.29) is 4.90 Å². The average Bonchev–Trinajstić information content (AvgIpc) is 2.76. The number of rotatable bonds is 4. The van der Waals surface area contributed by atoms with E-state index in [2.05, 4.69) is 19.8 Å². The van der Waals surface area contributed by atoms with Crippen LogP contribution >= 0.6 is 0 Å². The Morgan fingerprint density at radius 2 is 1.67 bits per heavy atom. The lowest BCUT2D eigenvalue weighted by Gasteiger charge is -2.22. The van der Waals surface area contributed by atoms with Crippen LogP contribution in [0.2, 0.25) is 0 Å². The zero-order chi connectivity index (χ0) is 17.2. The van der Waals surface area contributed by atoms with Crippen molar-refractivity contribution in [2.75, 3.05) is 22.7 Å². The van der Waals surface area contributed by atoms with Gasteiger partial charge in [-0.15, -0.1) is 0 Å². The molecule has 1 aromatic heterocycles. The van der Waals surface area contributed by atoms with E-state index in [1.165, 1.54) is 25.7 Å². The molecule has 2 N–H and O–H groups in total. The number of aromatic amines is 1. The van der Waals surface area contributed by atoms with E-state index in [1.807, 2.05) is 24.3 Å². The molecule has 0 saturated carbocycles. The van der Waals surface area contributed by atoms with Gasteiger partial charge in [0.25, 0.3) is 10.0 Å². The largest absolute Gasteiger partial charge is 0.372 e. The molecule has 2 heterocycles. The second-order valence-electron chi connectivity index (χ2n) is 6.32. The Morgan fingerprint density at radius 3 is 2.21 bits per heavy atom. The normalized spacial score (nSPS) is 16.0. The van der Waals surface area contributed by atoms with Crippen LogP contribution in [0.15, 0.2) is 29.2 Å². The van der Waals surface area contributed by atoms with Crippen molar-refractivity contribution in [2.45, 2.75) is 44.4 Å². The predicted molar refractivity (Wildman–Crippen MR) is 96.0 cm³/mol. The minimum Gasteiger partial charge on any atom is -0.372 e. The summed E-state index contributed by atoms with van der Waals surface area (Å²) >= 11 is 0. The van der Waals surface area contributed by atoms with Crippen molar-refractivity contribution in [2.24, 2.45) is 0 Å². The third kappa shape index (κ3) is 3.56. The van der Waals surface area contributed by atoms with Gasteiger partial charge in [-0.3, -0.25) is 9.82 Å². The summed E-state index contributed by atoms with van der Waals surface area (Å²) < 4.78 is 27.7. The zero-order valence-corrected chi connectivity index (χ0v) is 15.0. The number of nitrogens with one attached hydrogen (secondary N) is 2. The molecule has 1 aliphatic rings. The highest BCUT2D eigenvalue weighted by Crippen LogP contribution is 2.24. The summed E-state index contributed by atoms with van der Waals surface area (Å²) in [5.74, 6) is 0. The third-order valence-electron chi connectivity index (χ3n) is 4.42. The fourth-order valence-electron chi connectivity index (χ4n) is 3.21. The molecule has 3 rings (SSSR count). The second-order valence-corrected chi connectivity index (χ2v) is 7.94. The fraction of sp³-hybridized carbons (Fsp3) is 0.471. The van der Waals surface area contributed by atoms with Crippen molar-refractivity contribution in [3.05, 3.63) is 35.7 Å². The number of benzene rings is 1. The average molecular weight is 348 g/mol. The Kier molecular flexibility index (Phi) is 4.80. The van der Waals surface area contributed by atoms with Crippen LogP contribution in [0.5, 0.6) is 0 Å². The molecular formula is C17H24N4O2S. The molecule has 1 fully saturated rings. The molecule has 7 heteroatoms. The molecule has 0 amide bonds. The Balaban J connectivity index is 1.76. The summed E-state index contributed by atoms with van der Waals surface area (Å²) in [6.45, 7) is 5.52. The van der Waals surface area contributed by atoms with Crippen LogP contribution in [-0.4, -0.2) is 31.7 Å². The second kappa shape index (κ2) is 6.84. The topological polar surface area (TPSA) is 78.1 Å². The lowest BCUT2D eigenvalue weighted by Crippen LogP contribution is -2.23. The monoisotopic (exact) mass is 348 g/mol. The summed E-state index contributed by atoms with van der Waals surface area (Å²) in [4.78, 5) is 2.59. The van der Waals surface area contributed by atoms with Crippen molar-refractivity contribution < 1.29 is 8.42 Å². The molecule has 0 bridgehead atoms. The summed E-state index contributed by atoms with van der Waals surface area (Å²) in [5.41, 5.74) is 2.73. The number of hydrogen-bond acceptors (Lipinski definition) is 4. The standard InChI is InChI=1S/C17H24N4O2S/c1-13-17(14(2)19-18-13)24(22,23)20-15-7-9-16(10-8-15)21-11-5-3-4-6-12-21/h7-10,20H,3-6,11-12H2,1-2H3,(H,18,19). The predicted octanol–water partition coefficient (Wildman–Crippen LogP) is 3.21. The smallest absolute Gasteiger partial charge is 0.265 e. The number of aryl methyl sites for hydroxylation is 2. The van der Waals surface area contributed by atoms with E-state index in [0.717, 1.165) is 18.8 Å². The first kappa shape index (κ1) is 16.8.